The monoisotopic (exact) mass is 690 g/mol. The fourth-order valence-electron chi connectivity index (χ4n) is 7.94. The van der Waals surface area contributed by atoms with Crippen molar-refractivity contribution in [2.45, 2.75) is 0 Å². The van der Waals surface area contributed by atoms with Crippen LogP contribution < -0.4 is 0 Å². The number of nitrogens with zero attached hydrogens (tertiary/aromatic N) is 4. The number of aromatic nitrogens is 4. The van der Waals surface area contributed by atoms with E-state index in [0.29, 0.717) is 17.5 Å². The van der Waals surface area contributed by atoms with Gasteiger partial charge in [-0.15, -0.1) is 0 Å². The molecule has 3 aromatic heterocycles. The molecule has 5 heteroatoms. The molecule has 5 nitrogen and oxygen atoms in total. The average molecular weight is 691 g/mol. The molecule has 0 N–H and O–H groups in total. The van der Waals surface area contributed by atoms with E-state index >= 15 is 0 Å². The summed E-state index contributed by atoms with van der Waals surface area (Å²) in [4.78, 5) is 15.3. The normalized spacial score (nSPS) is 11.7. The molecule has 54 heavy (non-hydrogen) atoms. The van der Waals surface area contributed by atoms with Crippen LogP contribution in [0.2, 0.25) is 0 Å². The molecule has 0 bridgehead atoms. The standard InChI is InChI=1S/C49H30N4O/c1-4-15-31(16-5-1)34-27-28-38-37-23-12-13-25-41(37)53(43(38)30-34)42-26-14-24-39-44-40(29-35-21-10-11-22-36(35)46(44)54-45(39)42)49-51-47(32-17-6-2-7-18-32)50-48(52-49)33-19-8-3-9-20-33/h1-30H. The molecule has 0 radical (unpaired) electrons. The quantitative estimate of drug-likeness (QED) is 0.180. The number of para-hydroxylation sites is 2. The fraction of sp³-hybridized carbons (Fsp3) is 0. The number of hydrogen-bond acceptors (Lipinski definition) is 4. The van der Waals surface area contributed by atoms with E-state index in [4.69, 9.17) is 19.4 Å². The van der Waals surface area contributed by atoms with E-state index in [1.807, 2.05) is 60.7 Å². The Morgan fingerprint density at radius 3 is 1.67 bits per heavy atom. The number of hydrogen-bond donors (Lipinski definition) is 0. The van der Waals surface area contributed by atoms with Crippen LogP contribution in [0.15, 0.2) is 186 Å². The van der Waals surface area contributed by atoms with Gasteiger partial charge in [0.05, 0.1) is 16.7 Å². The summed E-state index contributed by atoms with van der Waals surface area (Å²) in [5.74, 6) is 1.83. The molecule has 0 aliphatic heterocycles. The van der Waals surface area contributed by atoms with Gasteiger partial charge in [-0.1, -0.05) is 158 Å². The van der Waals surface area contributed by atoms with Crippen molar-refractivity contribution in [2.24, 2.45) is 0 Å². The summed E-state index contributed by atoms with van der Waals surface area (Å²) in [7, 11) is 0. The molecular weight excluding hydrogens is 661 g/mol. The zero-order valence-electron chi connectivity index (χ0n) is 29.0. The molecule has 252 valence electrons. The van der Waals surface area contributed by atoms with Crippen molar-refractivity contribution >= 4 is 54.5 Å². The predicted octanol–water partition coefficient (Wildman–Crippen LogP) is 12.7. The van der Waals surface area contributed by atoms with Gasteiger partial charge >= 0.3 is 0 Å². The first-order valence-corrected chi connectivity index (χ1v) is 18.1. The van der Waals surface area contributed by atoms with Crippen LogP contribution in [0.1, 0.15) is 0 Å². The first kappa shape index (κ1) is 30.3. The molecule has 3 heterocycles. The molecule has 0 fully saturated rings. The zero-order valence-corrected chi connectivity index (χ0v) is 29.0. The van der Waals surface area contributed by atoms with Crippen LogP contribution in [0.5, 0.6) is 0 Å². The first-order valence-electron chi connectivity index (χ1n) is 18.1. The van der Waals surface area contributed by atoms with Gasteiger partial charge in [0.1, 0.15) is 5.58 Å². The van der Waals surface area contributed by atoms with Crippen LogP contribution in [0.4, 0.5) is 0 Å². The molecule has 0 aliphatic carbocycles. The highest BCUT2D eigenvalue weighted by Crippen LogP contribution is 2.44. The Labute approximate surface area is 310 Å². The molecule has 0 saturated carbocycles. The van der Waals surface area contributed by atoms with Crippen molar-refractivity contribution in [3.05, 3.63) is 182 Å². The highest BCUT2D eigenvalue weighted by molar-refractivity contribution is 6.22. The predicted molar refractivity (Wildman–Crippen MR) is 221 cm³/mol. The number of fused-ring (bicyclic) bond motifs is 8. The number of furan rings is 1. The lowest BCUT2D eigenvalue weighted by Gasteiger charge is -2.11. The van der Waals surface area contributed by atoms with Gasteiger partial charge in [0.15, 0.2) is 23.1 Å². The maximum absolute atomic E-state index is 7.13. The van der Waals surface area contributed by atoms with Gasteiger partial charge in [0.2, 0.25) is 0 Å². The second-order valence-corrected chi connectivity index (χ2v) is 13.6. The second-order valence-electron chi connectivity index (χ2n) is 13.6. The van der Waals surface area contributed by atoms with Gasteiger partial charge in [0.25, 0.3) is 0 Å². The molecule has 0 unspecified atom stereocenters. The SMILES string of the molecule is c1ccc(-c2ccc3c4ccccc4n(-c4cccc5c4oc4c6ccccc6cc(-c6nc(-c7ccccc7)nc(-c7ccccc7)n6)c54)c3c2)cc1. The van der Waals surface area contributed by atoms with E-state index in [-0.39, 0.29) is 0 Å². The lowest BCUT2D eigenvalue weighted by Crippen LogP contribution is -2.00. The summed E-state index contributed by atoms with van der Waals surface area (Å²) < 4.78 is 9.49. The number of rotatable bonds is 5. The van der Waals surface area contributed by atoms with E-state index in [1.54, 1.807) is 0 Å². The van der Waals surface area contributed by atoms with E-state index in [9.17, 15) is 0 Å². The van der Waals surface area contributed by atoms with Crippen LogP contribution in [-0.4, -0.2) is 19.5 Å². The average Bonchev–Trinajstić information content (AvgIpc) is 3.81. The summed E-state index contributed by atoms with van der Waals surface area (Å²) in [6.07, 6.45) is 0. The Morgan fingerprint density at radius 1 is 0.370 bits per heavy atom. The molecule has 8 aromatic carbocycles. The Balaban J connectivity index is 1.23. The Morgan fingerprint density at radius 2 is 0.944 bits per heavy atom. The number of benzene rings is 8. The van der Waals surface area contributed by atoms with Crippen molar-refractivity contribution in [1.82, 2.24) is 19.5 Å². The molecule has 0 atom stereocenters. The highest BCUT2D eigenvalue weighted by atomic mass is 16.3. The lowest BCUT2D eigenvalue weighted by molar-refractivity contribution is 0.670. The van der Waals surface area contributed by atoms with Crippen LogP contribution in [0.25, 0.3) is 105 Å². The van der Waals surface area contributed by atoms with E-state index < -0.39 is 0 Å². The maximum atomic E-state index is 7.13. The van der Waals surface area contributed by atoms with E-state index in [2.05, 4.69) is 126 Å². The third kappa shape index (κ3) is 4.76. The molecule has 11 aromatic rings. The van der Waals surface area contributed by atoms with E-state index in [1.165, 1.54) is 16.3 Å². The molecular formula is C49H30N4O. The molecule has 11 rings (SSSR count). The third-order valence-corrected chi connectivity index (χ3v) is 10.4. The van der Waals surface area contributed by atoms with Crippen LogP contribution in [0, 0.1) is 0 Å². The van der Waals surface area contributed by atoms with Crippen LogP contribution in [0.3, 0.4) is 0 Å². The summed E-state index contributed by atoms with van der Waals surface area (Å²) in [5.41, 5.74) is 9.91. The summed E-state index contributed by atoms with van der Waals surface area (Å²) in [6.45, 7) is 0. The summed E-state index contributed by atoms with van der Waals surface area (Å²) >= 11 is 0. The van der Waals surface area contributed by atoms with Gasteiger partial charge in [-0.05, 0) is 40.8 Å². The topological polar surface area (TPSA) is 56.7 Å². The van der Waals surface area contributed by atoms with Crippen LogP contribution in [-0.2, 0) is 0 Å². The Kier molecular flexibility index (Phi) is 6.79. The van der Waals surface area contributed by atoms with Gasteiger partial charge in [-0.3, -0.25) is 0 Å². The minimum atomic E-state index is 0.593. The van der Waals surface area contributed by atoms with Crippen molar-refractivity contribution in [1.29, 1.82) is 0 Å². The van der Waals surface area contributed by atoms with E-state index in [0.717, 1.165) is 71.7 Å². The van der Waals surface area contributed by atoms with Gasteiger partial charge in [-0.25, -0.2) is 15.0 Å². The minimum absolute atomic E-state index is 0.593. The largest absolute Gasteiger partial charge is 0.453 e. The van der Waals surface area contributed by atoms with Gasteiger partial charge in [0, 0.05) is 43.6 Å². The van der Waals surface area contributed by atoms with Crippen molar-refractivity contribution in [3.8, 4) is 51.0 Å². The first-order chi connectivity index (χ1) is 26.8. The van der Waals surface area contributed by atoms with Gasteiger partial charge < -0.3 is 8.98 Å². The summed E-state index contributed by atoms with van der Waals surface area (Å²) in [5, 5.41) is 6.44. The lowest BCUT2D eigenvalue weighted by atomic mass is 9.99. The fourth-order valence-corrected chi connectivity index (χ4v) is 7.94. The highest BCUT2D eigenvalue weighted by Gasteiger charge is 2.23. The smallest absolute Gasteiger partial charge is 0.164 e. The van der Waals surface area contributed by atoms with Crippen LogP contribution >= 0.6 is 0 Å². The van der Waals surface area contributed by atoms with Gasteiger partial charge in [-0.2, -0.15) is 0 Å². The van der Waals surface area contributed by atoms with Crippen molar-refractivity contribution in [2.75, 3.05) is 0 Å². The molecule has 0 aliphatic rings. The van der Waals surface area contributed by atoms with Crippen molar-refractivity contribution < 1.29 is 4.42 Å². The minimum Gasteiger partial charge on any atom is -0.453 e. The zero-order chi connectivity index (χ0) is 35.6. The molecule has 0 saturated heterocycles. The Bertz CT molecular complexity index is 3140. The molecule has 0 amide bonds. The second kappa shape index (κ2) is 12.1. The third-order valence-electron chi connectivity index (χ3n) is 10.4. The van der Waals surface area contributed by atoms with Crippen molar-refractivity contribution in [3.63, 3.8) is 0 Å². The Hall–Kier alpha value is -7.37. The molecule has 0 spiro atoms. The maximum Gasteiger partial charge on any atom is 0.164 e. The summed E-state index contributed by atoms with van der Waals surface area (Å²) in [6, 6.07) is 63.2.